The number of piperidine rings is 1. The van der Waals surface area contributed by atoms with Gasteiger partial charge < -0.3 is 5.32 Å². The fourth-order valence-electron chi connectivity index (χ4n) is 3.70. The van der Waals surface area contributed by atoms with Crippen molar-refractivity contribution < 1.29 is 13.2 Å². The minimum Gasteiger partial charge on any atom is -0.325 e. The monoisotopic (exact) mass is 434 g/mol. The Morgan fingerprint density at radius 3 is 2.52 bits per heavy atom. The number of aryl methyl sites for hydroxylation is 1. The third kappa shape index (κ3) is 4.82. The van der Waals surface area contributed by atoms with E-state index in [1.807, 2.05) is 25.1 Å². The highest BCUT2D eigenvalue weighted by Crippen LogP contribution is 2.30. The van der Waals surface area contributed by atoms with E-state index in [0.717, 1.165) is 16.8 Å². The van der Waals surface area contributed by atoms with E-state index in [1.54, 1.807) is 12.1 Å². The molecule has 2 aromatic carbocycles. The van der Waals surface area contributed by atoms with Crippen LogP contribution in [0.25, 0.3) is 0 Å². The third-order valence-corrected chi connectivity index (χ3v) is 7.51. The van der Waals surface area contributed by atoms with Crippen molar-refractivity contribution in [3.8, 4) is 0 Å². The lowest BCUT2D eigenvalue weighted by atomic mass is 9.95. The van der Waals surface area contributed by atoms with E-state index in [2.05, 4.69) is 19.2 Å². The van der Waals surface area contributed by atoms with E-state index in [4.69, 9.17) is 11.6 Å². The lowest BCUT2D eigenvalue weighted by Crippen LogP contribution is -2.43. The van der Waals surface area contributed by atoms with Crippen molar-refractivity contribution in [2.24, 2.45) is 5.92 Å². The van der Waals surface area contributed by atoms with Crippen LogP contribution in [0.5, 0.6) is 0 Å². The number of amides is 1. The van der Waals surface area contributed by atoms with Gasteiger partial charge in [0.2, 0.25) is 15.9 Å². The number of sulfonamides is 1. The topological polar surface area (TPSA) is 66.5 Å². The molecular formula is C22H27ClN2O3S. The van der Waals surface area contributed by atoms with Crippen LogP contribution >= 0.6 is 11.6 Å². The first-order valence-electron chi connectivity index (χ1n) is 9.86. The number of benzene rings is 2. The fourth-order valence-corrected chi connectivity index (χ4v) is 5.35. The average molecular weight is 435 g/mol. The van der Waals surface area contributed by atoms with E-state index < -0.39 is 10.0 Å². The molecule has 2 aromatic rings. The smallest absolute Gasteiger partial charge is 0.243 e. The summed E-state index contributed by atoms with van der Waals surface area (Å²) in [4.78, 5) is 13.2. The van der Waals surface area contributed by atoms with Crippen molar-refractivity contribution in [3.05, 3.63) is 58.6 Å². The largest absolute Gasteiger partial charge is 0.325 e. The molecule has 5 nitrogen and oxygen atoms in total. The average Bonchev–Trinajstić information content (AvgIpc) is 2.69. The summed E-state index contributed by atoms with van der Waals surface area (Å²) < 4.78 is 27.4. The van der Waals surface area contributed by atoms with Gasteiger partial charge in [0.1, 0.15) is 0 Å². The second-order valence-corrected chi connectivity index (χ2v) is 10.2. The van der Waals surface area contributed by atoms with Gasteiger partial charge in [0.25, 0.3) is 0 Å². The Bertz CT molecular complexity index is 988. The van der Waals surface area contributed by atoms with Gasteiger partial charge in [-0.05, 0) is 61.1 Å². The number of hydrogen-bond acceptors (Lipinski definition) is 3. The van der Waals surface area contributed by atoms with Gasteiger partial charge in [-0.2, -0.15) is 4.31 Å². The molecule has 1 heterocycles. The van der Waals surface area contributed by atoms with Gasteiger partial charge in [0.15, 0.2) is 0 Å². The summed E-state index contributed by atoms with van der Waals surface area (Å²) in [6, 6.07) is 12.1. The van der Waals surface area contributed by atoms with E-state index in [9.17, 15) is 13.2 Å². The maximum Gasteiger partial charge on any atom is 0.243 e. The van der Waals surface area contributed by atoms with E-state index in [-0.39, 0.29) is 29.2 Å². The number of carbonyl (C=O) groups excluding carboxylic acids is 1. The van der Waals surface area contributed by atoms with E-state index in [0.29, 0.717) is 24.4 Å². The molecule has 1 unspecified atom stereocenters. The normalized spacial score (nSPS) is 18.0. The number of rotatable bonds is 5. The van der Waals surface area contributed by atoms with Gasteiger partial charge in [-0.3, -0.25) is 4.79 Å². The highest BCUT2D eigenvalue weighted by atomic mass is 35.5. The van der Waals surface area contributed by atoms with Crippen LogP contribution in [0, 0.1) is 12.8 Å². The second-order valence-electron chi connectivity index (χ2n) is 7.84. The van der Waals surface area contributed by atoms with Crippen molar-refractivity contribution in [2.45, 2.75) is 44.4 Å². The molecule has 0 aliphatic carbocycles. The lowest BCUT2D eigenvalue weighted by Gasteiger charge is -2.31. The van der Waals surface area contributed by atoms with Gasteiger partial charge in [-0.1, -0.05) is 43.6 Å². The zero-order chi connectivity index (χ0) is 21.2. The van der Waals surface area contributed by atoms with Crippen LogP contribution in [-0.4, -0.2) is 31.7 Å². The summed E-state index contributed by atoms with van der Waals surface area (Å²) in [6.45, 7) is 6.74. The fraction of sp³-hybridized carbons (Fsp3) is 0.409. The van der Waals surface area contributed by atoms with Crippen LogP contribution < -0.4 is 5.32 Å². The number of hydrogen-bond donors (Lipinski definition) is 1. The highest BCUT2D eigenvalue weighted by Gasteiger charge is 2.33. The number of halogens is 1. The predicted octanol–water partition coefficient (Wildman–Crippen LogP) is 4.81. The highest BCUT2D eigenvalue weighted by molar-refractivity contribution is 7.89. The molecule has 156 valence electrons. The molecule has 1 N–H and O–H groups in total. The SMILES string of the molecule is Cc1cccc(C(C)C)c1NC(=O)C1CCCN(S(=O)(=O)c2ccc(Cl)cc2)C1. The molecule has 1 atom stereocenters. The summed E-state index contributed by atoms with van der Waals surface area (Å²) in [7, 11) is -3.65. The predicted molar refractivity (Wildman–Crippen MR) is 117 cm³/mol. The number of para-hydroxylation sites is 1. The minimum absolute atomic E-state index is 0.128. The van der Waals surface area contributed by atoms with Gasteiger partial charge >= 0.3 is 0 Å². The van der Waals surface area contributed by atoms with Crippen LogP contribution in [0.2, 0.25) is 5.02 Å². The Labute approximate surface area is 178 Å². The van der Waals surface area contributed by atoms with E-state index in [1.165, 1.54) is 16.4 Å². The molecule has 0 aromatic heterocycles. The quantitative estimate of drug-likeness (QED) is 0.734. The van der Waals surface area contributed by atoms with Crippen molar-refractivity contribution in [3.63, 3.8) is 0 Å². The minimum atomic E-state index is -3.65. The summed E-state index contributed by atoms with van der Waals surface area (Å²) >= 11 is 5.88. The van der Waals surface area contributed by atoms with Crippen LogP contribution in [0.15, 0.2) is 47.4 Å². The molecule has 7 heteroatoms. The van der Waals surface area contributed by atoms with E-state index >= 15 is 0 Å². The molecule has 0 saturated carbocycles. The Balaban J connectivity index is 1.78. The first-order valence-corrected chi connectivity index (χ1v) is 11.7. The Hall–Kier alpha value is -1.89. The molecule has 1 aliphatic rings. The maximum absolute atomic E-state index is 13.0. The maximum atomic E-state index is 13.0. The number of anilines is 1. The standard InChI is InChI=1S/C22H27ClN2O3S/c1-15(2)20-8-4-6-16(3)21(20)24-22(26)17-7-5-13-25(14-17)29(27,28)19-11-9-18(23)10-12-19/h4,6,8-12,15,17H,5,7,13-14H2,1-3H3,(H,24,26). The molecular weight excluding hydrogens is 408 g/mol. The van der Waals surface area contributed by atoms with Crippen LogP contribution in [0.1, 0.15) is 43.7 Å². The number of nitrogens with zero attached hydrogens (tertiary/aromatic N) is 1. The molecule has 29 heavy (non-hydrogen) atoms. The summed E-state index contributed by atoms with van der Waals surface area (Å²) in [5.41, 5.74) is 2.93. The van der Waals surface area contributed by atoms with Gasteiger partial charge in [-0.15, -0.1) is 0 Å². The molecule has 0 bridgehead atoms. The first-order chi connectivity index (χ1) is 13.7. The Morgan fingerprint density at radius 2 is 1.86 bits per heavy atom. The molecule has 1 amide bonds. The number of carbonyl (C=O) groups is 1. The summed E-state index contributed by atoms with van der Waals surface area (Å²) in [5.74, 6) is -0.235. The first kappa shape index (κ1) is 21.8. The molecule has 0 spiro atoms. The zero-order valence-corrected chi connectivity index (χ0v) is 18.6. The third-order valence-electron chi connectivity index (χ3n) is 5.38. The van der Waals surface area contributed by atoms with Crippen LogP contribution in [0.4, 0.5) is 5.69 Å². The van der Waals surface area contributed by atoms with Crippen molar-refractivity contribution in [1.29, 1.82) is 0 Å². The lowest BCUT2D eigenvalue weighted by molar-refractivity contribution is -0.120. The van der Waals surface area contributed by atoms with Crippen molar-refractivity contribution in [1.82, 2.24) is 4.31 Å². The molecule has 0 radical (unpaired) electrons. The Kier molecular flexibility index (Phi) is 6.66. The van der Waals surface area contributed by atoms with Gasteiger partial charge in [0.05, 0.1) is 10.8 Å². The molecule has 1 saturated heterocycles. The molecule has 3 rings (SSSR count). The van der Waals surface area contributed by atoms with Crippen LogP contribution in [0.3, 0.4) is 0 Å². The Morgan fingerprint density at radius 1 is 1.17 bits per heavy atom. The number of nitrogens with one attached hydrogen (secondary N) is 1. The summed E-state index contributed by atoms with van der Waals surface area (Å²) in [6.07, 6.45) is 1.32. The van der Waals surface area contributed by atoms with Crippen molar-refractivity contribution >= 4 is 33.2 Å². The van der Waals surface area contributed by atoms with Gasteiger partial charge in [0, 0.05) is 23.8 Å². The van der Waals surface area contributed by atoms with Crippen molar-refractivity contribution in [2.75, 3.05) is 18.4 Å². The molecule has 1 fully saturated rings. The zero-order valence-electron chi connectivity index (χ0n) is 17.0. The summed E-state index contributed by atoms with van der Waals surface area (Å²) in [5, 5.41) is 3.56. The van der Waals surface area contributed by atoms with Crippen LogP contribution in [-0.2, 0) is 14.8 Å². The second kappa shape index (κ2) is 8.86. The molecule has 1 aliphatic heterocycles. The van der Waals surface area contributed by atoms with Gasteiger partial charge in [-0.25, -0.2) is 8.42 Å².